The quantitative estimate of drug-likeness (QED) is 0.803. The molecule has 0 aromatic carbocycles. The summed E-state index contributed by atoms with van der Waals surface area (Å²) in [5.74, 6) is -1.40. The van der Waals surface area contributed by atoms with Crippen LogP contribution in [-0.4, -0.2) is 52.2 Å². The van der Waals surface area contributed by atoms with E-state index in [4.69, 9.17) is 9.84 Å². The summed E-state index contributed by atoms with van der Waals surface area (Å²) < 4.78 is 5.08. The summed E-state index contributed by atoms with van der Waals surface area (Å²) in [6.45, 7) is 7.22. The minimum atomic E-state index is -1.03. The van der Waals surface area contributed by atoms with E-state index < -0.39 is 29.7 Å². The van der Waals surface area contributed by atoms with Crippen LogP contribution in [0, 0.1) is 0 Å². The molecule has 1 heterocycles. The number of nitrogens with one attached hydrogen (secondary N) is 1. The zero-order chi connectivity index (χ0) is 15.5. The topological polar surface area (TPSA) is 95.9 Å². The smallest absolute Gasteiger partial charge is 0.408 e. The van der Waals surface area contributed by atoms with Gasteiger partial charge in [0.05, 0.1) is 0 Å². The van der Waals surface area contributed by atoms with Crippen molar-refractivity contribution in [1.82, 2.24) is 10.2 Å². The first-order chi connectivity index (χ1) is 9.15. The van der Waals surface area contributed by atoms with Crippen LogP contribution in [0.15, 0.2) is 0 Å². The highest BCUT2D eigenvalue weighted by molar-refractivity contribution is 5.90. The molecule has 0 unspecified atom stereocenters. The molecule has 0 spiro atoms. The van der Waals surface area contributed by atoms with Gasteiger partial charge in [0.1, 0.15) is 17.7 Å². The third-order valence-electron chi connectivity index (χ3n) is 2.98. The molecule has 114 valence electrons. The van der Waals surface area contributed by atoms with Crippen molar-refractivity contribution in [2.75, 3.05) is 6.54 Å². The first-order valence-electron chi connectivity index (χ1n) is 6.68. The minimum Gasteiger partial charge on any atom is -0.480 e. The maximum absolute atomic E-state index is 12.1. The van der Waals surface area contributed by atoms with E-state index >= 15 is 0 Å². The summed E-state index contributed by atoms with van der Waals surface area (Å²) in [6, 6.07) is -1.55. The maximum Gasteiger partial charge on any atom is 0.408 e. The summed E-state index contributed by atoms with van der Waals surface area (Å²) in [7, 11) is 0. The van der Waals surface area contributed by atoms with Crippen LogP contribution in [0.1, 0.15) is 40.5 Å². The lowest BCUT2D eigenvalue weighted by Gasteiger charge is -2.24. The standard InChI is InChI=1S/C13H22N2O5/c1-5-9(11(17)18)15-7-6-8(10(15)16)14-12(19)20-13(2,3)4/h8-9H,5-7H2,1-4H3,(H,14,19)(H,17,18)/t8-,9+/m1/s1. The number of hydrogen-bond acceptors (Lipinski definition) is 4. The van der Waals surface area contributed by atoms with E-state index in [0.717, 1.165) is 0 Å². The van der Waals surface area contributed by atoms with Crippen molar-refractivity contribution >= 4 is 18.0 Å². The van der Waals surface area contributed by atoms with Gasteiger partial charge in [-0.1, -0.05) is 6.92 Å². The molecule has 7 nitrogen and oxygen atoms in total. The fourth-order valence-corrected chi connectivity index (χ4v) is 2.12. The van der Waals surface area contributed by atoms with Crippen LogP contribution in [0.5, 0.6) is 0 Å². The Bertz CT molecular complexity index is 402. The number of hydrogen-bond donors (Lipinski definition) is 2. The lowest BCUT2D eigenvalue weighted by molar-refractivity contribution is -0.148. The number of alkyl carbamates (subject to hydrolysis) is 1. The molecule has 0 aromatic heterocycles. The zero-order valence-electron chi connectivity index (χ0n) is 12.3. The van der Waals surface area contributed by atoms with E-state index in [1.165, 1.54) is 4.90 Å². The van der Waals surface area contributed by atoms with Gasteiger partial charge in [0, 0.05) is 6.54 Å². The average molecular weight is 286 g/mol. The summed E-state index contributed by atoms with van der Waals surface area (Å²) in [5, 5.41) is 11.6. The van der Waals surface area contributed by atoms with E-state index in [-0.39, 0.29) is 5.91 Å². The van der Waals surface area contributed by atoms with E-state index in [9.17, 15) is 14.4 Å². The molecule has 0 bridgehead atoms. The molecule has 0 saturated carbocycles. The minimum absolute atomic E-state index is 0.324. The monoisotopic (exact) mass is 286 g/mol. The lowest BCUT2D eigenvalue weighted by atomic mass is 10.2. The van der Waals surface area contributed by atoms with Crippen LogP contribution >= 0.6 is 0 Å². The Morgan fingerprint density at radius 2 is 2.10 bits per heavy atom. The van der Waals surface area contributed by atoms with E-state index in [2.05, 4.69) is 5.32 Å². The number of carboxylic acid groups (broad SMARTS) is 1. The second-order valence-electron chi connectivity index (χ2n) is 5.78. The van der Waals surface area contributed by atoms with Gasteiger partial charge in [-0.3, -0.25) is 4.79 Å². The van der Waals surface area contributed by atoms with Crippen molar-refractivity contribution in [3.63, 3.8) is 0 Å². The molecular weight excluding hydrogens is 264 g/mol. The highest BCUT2D eigenvalue weighted by atomic mass is 16.6. The van der Waals surface area contributed by atoms with Gasteiger partial charge in [0.15, 0.2) is 0 Å². The zero-order valence-corrected chi connectivity index (χ0v) is 12.3. The molecule has 2 N–H and O–H groups in total. The van der Waals surface area contributed by atoms with Crippen LogP contribution in [0.3, 0.4) is 0 Å². The van der Waals surface area contributed by atoms with Crippen LogP contribution in [-0.2, 0) is 14.3 Å². The average Bonchev–Trinajstić information content (AvgIpc) is 2.60. The number of nitrogens with zero attached hydrogens (tertiary/aromatic N) is 1. The Labute approximate surface area is 118 Å². The summed E-state index contributed by atoms with van der Waals surface area (Å²) in [6.07, 6.45) is 0.0586. The molecule has 1 rings (SSSR count). The molecule has 0 aromatic rings. The number of aliphatic carboxylic acids is 1. The Balaban J connectivity index is 2.62. The first kappa shape index (κ1) is 16.3. The molecule has 1 aliphatic rings. The molecule has 1 fully saturated rings. The molecule has 20 heavy (non-hydrogen) atoms. The van der Waals surface area contributed by atoms with Crippen LogP contribution in [0.4, 0.5) is 4.79 Å². The molecule has 2 amide bonds. The van der Waals surface area contributed by atoms with Crippen molar-refractivity contribution in [1.29, 1.82) is 0 Å². The van der Waals surface area contributed by atoms with Gasteiger partial charge < -0.3 is 20.1 Å². The second kappa shape index (κ2) is 6.11. The van der Waals surface area contributed by atoms with Crippen LogP contribution < -0.4 is 5.32 Å². The highest BCUT2D eigenvalue weighted by Crippen LogP contribution is 2.17. The number of rotatable bonds is 4. The van der Waals surface area contributed by atoms with Crippen LogP contribution in [0.25, 0.3) is 0 Å². The second-order valence-corrected chi connectivity index (χ2v) is 5.78. The third kappa shape index (κ3) is 4.11. The molecule has 0 aliphatic carbocycles. The predicted octanol–water partition coefficient (Wildman–Crippen LogP) is 0.975. The van der Waals surface area contributed by atoms with Crippen molar-refractivity contribution in [2.45, 2.75) is 58.2 Å². The Morgan fingerprint density at radius 1 is 1.50 bits per heavy atom. The summed E-state index contributed by atoms with van der Waals surface area (Å²) in [5.41, 5.74) is -0.640. The molecule has 2 atom stereocenters. The highest BCUT2D eigenvalue weighted by Gasteiger charge is 2.39. The van der Waals surface area contributed by atoms with Gasteiger partial charge in [-0.05, 0) is 33.6 Å². The molecule has 0 radical (unpaired) electrons. The number of carbonyl (C=O) groups is 3. The lowest BCUT2D eigenvalue weighted by Crippen LogP contribution is -2.47. The normalized spacial score (nSPS) is 20.7. The molecule has 1 saturated heterocycles. The SMILES string of the molecule is CC[C@@H](C(=O)O)N1CC[C@@H](NC(=O)OC(C)(C)C)C1=O. The molecular formula is C13H22N2O5. The van der Waals surface area contributed by atoms with Gasteiger partial charge in [-0.25, -0.2) is 9.59 Å². The largest absolute Gasteiger partial charge is 0.480 e. The van der Waals surface area contributed by atoms with Gasteiger partial charge >= 0.3 is 12.1 Å². The number of amides is 2. The summed E-state index contributed by atoms with van der Waals surface area (Å²) >= 11 is 0. The Morgan fingerprint density at radius 3 is 2.55 bits per heavy atom. The van der Waals surface area contributed by atoms with Crippen LogP contribution in [0.2, 0.25) is 0 Å². The van der Waals surface area contributed by atoms with E-state index in [1.807, 2.05) is 0 Å². The van der Waals surface area contributed by atoms with Crippen molar-refractivity contribution in [2.24, 2.45) is 0 Å². The first-order valence-corrected chi connectivity index (χ1v) is 6.68. The Hall–Kier alpha value is -1.79. The Kier molecular flexibility index (Phi) is 4.97. The van der Waals surface area contributed by atoms with E-state index in [0.29, 0.717) is 19.4 Å². The molecule has 1 aliphatic heterocycles. The number of likely N-dealkylation sites (tertiary alicyclic amines) is 1. The number of carbonyl (C=O) groups excluding carboxylic acids is 2. The van der Waals surface area contributed by atoms with Crippen molar-refractivity contribution < 1.29 is 24.2 Å². The fraction of sp³-hybridized carbons (Fsp3) is 0.769. The van der Waals surface area contributed by atoms with E-state index in [1.54, 1.807) is 27.7 Å². The third-order valence-corrected chi connectivity index (χ3v) is 2.98. The predicted molar refractivity (Wildman–Crippen MR) is 71.2 cm³/mol. The van der Waals surface area contributed by atoms with Gasteiger partial charge in [0.25, 0.3) is 0 Å². The van der Waals surface area contributed by atoms with Gasteiger partial charge in [-0.2, -0.15) is 0 Å². The van der Waals surface area contributed by atoms with Crippen molar-refractivity contribution in [3.8, 4) is 0 Å². The number of ether oxygens (including phenoxy) is 1. The van der Waals surface area contributed by atoms with Gasteiger partial charge in [-0.15, -0.1) is 0 Å². The number of carboxylic acids is 1. The maximum atomic E-state index is 12.1. The molecule has 7 heteroatoms. The summed E-state index contributed by atoms with van der Waals surface area (Å²) in [4.78, 5) is 36.1. The fourth-order valence-electron chi connectivity index (χ4n) is 2.12. The van der Waals surface area contributed by atoms with Crippen molar-refractivity contribution in [3.05, 3.63) is 0 Å². The van der Waals surface area contributed by atoms with Gasteiger partial charge in [0.2, 0.25) is 5.91 Å².